The van der Waals surface area contributed by atoms with Crippen LogP contribution in [0.2, 0.25) is 0 Å². The number of hydrogen-bond acceptors (Lipinski definition) is 4. The Morgan fingerprint density at radius 3 is 2.27 bits per heavy atom. The summed E-state index contributed by atoms with van der Waals surface area (Å²) in [6, 6.07) is 16.6. The van der Waals surface area contributed by atoms with Crippen LogP contribution >= 0.6 is 0 Å². The summed E-state index contributed by atoms with van der Waals surface area (Å²) in [5, 5.41) is 5.57. The van der Waals surface area contributed by atoms with Gasteiger partial charge >= 0.3 is 6.09 Å². The fourth-order valence-corrected chi connectivity index (χ4v) is 2.66. The Bertz CT molecular complexity index is 876. The van der Waals surface area contributed by atoms with Crippen molar-refractivity contribution in [1.82, 2.24) is 10.2 Å². The molecule has 0 heterocycles. The van der Waals surface area contributed by atoms with Crippen molar-refractivity contribution in [3.63, 3.8) is 0 Å². The highest BCUT2D eigenvalue weighted by molar-refractivity contribution is 6.04. The molecule has 2 aromatic carbocycles. The Kier molecular flexibility index (Phi) is 7.98. The lowest BCUT2D eigenvalue weighted by atomic mass is 10.1. The first-order valence-corrected chi connectivity index (χ1v) is 9.81. The Labute approximate surface area is 177 Å². The summed E-state index contributed by atoms with van der Waals surface area (Å²) in [5.41, 5.74) is 1.23. The Balaban J connectivity index is 1.93. The molecule has 3 amide bonds. The average Bonchev–Trinajstić information content (AvgIpc) is 2.67. The first-order valence-electron chi connectivity index (χ1n) is 9.81. The number of rotatable bonds is 7. The molecule has 0 bridgehead atoms. The number of benzene rings is 2. The number of carbonyl (C=O) groups excluding carboxylic acids is 3. The summed E-state index contributed by atoms with van der Waals surface area (Å²) >= 11 is 0. The molecule has 7 nitrogen and oxygen atoms in total. The molecule has 0 saturated heterocycles. The van der Waals surface area contributed by atoms with Crippen molar-refractivity contribution in [3.05, 3.63) is 65.7 Å². The van der Waals surface area contributed by atoms with Gasteiger partial charge < -0.3 is 20.3 Å². The van der Waals surface area contributed by atoms with E-state index in [4.69, 9.17) is 4.74 Å². The molecule has 0 aliphatic heterocycles. The number of hydrogen-bond donors (Lipinski definition) is 2. The van der Waals surface area contributed by atoms with Gasteiger partial charge in [0.2, 0.25) is 5.91 Å². The van der Waals surface area contributed by atoms with Gasteiger partial charge in [-0.2, -0.15) is 0 Å². The third-order valence-corrected chi connectivity index (χ3v) is 4.07. The van der Waals surface area contributed by atoms with E-state index < -0.39 is 17.6 Å². The second-order valence-electron chi connectivity index (χ2n) is 7.92. The minimum absolute atomic E-state index is 0.196. The van der Waals surface area contributed by atoms with Gasteiger partial charge in [-0.25, -0.2) is 4.79 Å². The number of amides is 3. The van der Waals surface area contributed by atoms with Gasteiger partial charge in [0.05, 0.1) is 11.3 Å². The molecule has 0 saturated carbocycles. The second-order valence-corrected chi connectivity index (χ2v) is 7.92. The van der Waals surface area contributed by atoms with Crippen molar-refractivity contribution in [2.45, 2.75) is 32.8 Å². The molecule has 2 rings (SSSR count). The minimum Gasteiger partial charge on any atom is -0.444 e. The number of ether oxygens (including phenoxy) is 1. The van der Waals surface area contributed by atoms with Crippen molar-refractivity contribution >= 4 is 23.6 Å². The van der Waals surface area contributed by atoms with Gasteiger partial charge in [0.15, 0.2) is 0 Å². The molecule has 0 aromatic heterocycles. The first kappa shape index (κ1) is 22.9. The fraction of sp³-hybridized carbons (Fsp3) is 0.348. The Morgan fingerprint density at radius 1 is 0.967 bits per heavy atom. The lowest BCUT2D eigenvalue weighted by Gasteiger charge is -2.24. The molecule has 0 fully saturated rings. The number of nitrogens with zero attached hydrogens (tertiary/aromatic N) is 1. The van der Waals surface area contributed by atoms with Crippen molar-refractivity contribution in [2.24, 2.45) is 0 Å². The van der Waals surface area contributed by atoms with Gasteiger partial charge in [-0.05, 0) is 44.9 Å². The number of nitrogens with one attached hydrogen (secondary N) is 2. The molecular formula is C23H29N3O4. The SMILES string of the molecule is CN(CC(=O)Nc1ccccc1C(=O)NCCc1ccccc1)C(=O)OC(C)(C)C. The highest BCUT2D eigenvalue weighted by Gasteiger charge is 2.21. The second kappa shape index (κ2) is 10.4. The maximum absolute atomic E-state index is 12.6. The monoisotopic (exact) mass is 411 g/mol. The van der Waals surface area contributed by atoms with Crippen LogP contribution in [0.5, 0.6) is 0 Å². The van der Waals surface area contributed by atoms with Crippen molar-refractivity contribution in [1.29, 1.82) is 0 Å². The van der Waals surface area contributed by atoms with Crippen LogP contribution in [0.3, 0.4) is 0 Å². The predicted octanol–water partition coefficient (Wildman–Crippen LogP) is 3.46. The third-order valence-electron chi connectivity index (χ3n) is 4.07. The normalized spacial score (nSPS) is 10.8. The third kappa shape index (κ3) is 7.58. The number of likely N-dealkylation sites (N-methyl/N-ethyl adjacent to an activating group) is 1. The quantitative estimate of drug-likeness (QED) is 0.730. The maximum atomic E-state index is 12.6. The predicted molar refractivity (Wildman–Crippen MR) is 116 cm³/mol. The summed E-state index contributed by atoms with van der Waals surface area (Å²) < 4.78 is 5.24. The highest BCUT2D eigenvalue weighted by atomic mass is 16.6. The van der Waals surface area contributed by atoms with Crippen LogP contribution in [0, 0.1) is 0 Å². The Morgan fingerprint density at radius 2 is 1.60 bits per heavy atom. The zero-order valence-electron chi connectivity index (χ0n) is 17.9. The van der Waals surface area contributed by atoms with Crippen LogP contribution in [-0.2, 0) is 16.0 Å². The van der Waals surface area contributed by atoms with E-state index >= 15 is 0 Å². The molecule has 0 unspecified atom stereocenters. The minimum atomic E-state index is -0.647. The fourth-order valence-electron chi connectivity index (χ4n) is 2.66. The molecular weight excluding hydrogens is 382 g/mol. The molecule has 0 atom stereocenters. The number of para-hydroxylation sites is 1. The largest absolute Gasteiger partial charge is 0.444 e. The summed E-state index contributed by atoms with van der Waals surface area (Å²) in [6.07, 6.45) is 0.117. The van der Waals surface area contributed by atoms with Crippen molar-refractivity contribution < 1.29 is 19.1 Å². The van der Waals surface area contributed by atoms with Crippen LogP contribution in [0.15, 0.2) is 54.6 Å². The van der Waals surface area contributed by atoms with E-state index in [-0.39, 0.29) is 12.5 Å². The topological polar surface area (TPSA) is 87.7 Å². The average molecular weight is 412 g/mol. The smallest absolute Gasteiger partial charge is 0.410 e. The maximum Gasteiger partial charge on any atom is 0.410 e. The van der Waals surface area contributed by atoms with E-state index in [9.17, 15) is 14.4 Å². The lowest BCUT2D eigenvalue weighted by Crippen LogP contribution is -2.39. The van der Waals surface area contributed by atoms with Crippen molar-refractivity contribution in [3.8, 4) is 0 Å². The molecule has 2 aromatic rings. The zero-order valence-corrected chi connectivity index (χ0v) is 17.9. The van der Waals surface area contributed by atoms with Crippen molar-refractivity contribution in [2.75, 3.05) is 25.5 Å². The van der Waals surface area contributed by atoms with Gasteiger partial charge in [0.25, 0.3) is 5.91 Å². The van der Waals surface area contributed by atoms with Crippen LogP contribution in [0.1, 0.15) is 36.7 Å². The number of carbonyl (C=O) groups is 3. The van der Waals surface area contributed by atoms with Gasteiger partial charge in [-0.3, -0.25) is 9.59 Å². The van der Waals surface area contributed by atoms with E-state index in [0.29, 0.717) is 24.2 Å². The highest BCUT2D eigenvalue weighted by Crippen LogP contribution is 2.15. The lowest BCUT2D eigenvalue weighted by molar-refractivity contribution is -0.117. The van der Waals surface area contributed by atoms with E-state index in [1.807, 2.05) is 30.3 Å². The van der Waals surface area contributed by atoms with Crippen LogP contribution in [0.25, 0.3) is 0 Å². The summed E-state index contributed by atoms with van der Waals surface area (Å²) in [7, 11) is 1.48. The van der Waals surface area contributed by atoms with E-state index in [2.05, 4.69) is 10.6 Å². The summed E-state index contributed by atoms with van der Waals surface area (Å²) in [6.45, 7) is 5.55. The summed E-state index contributed by atoms with van der Waals surface area (Å²) in [4.78, 5) is 38.2. The van der Waals surface area contributed by atoms with Gasteiger partial charge in [-0.1, -0.05) is 42.5 Å². The van der Waals surface area contributed by atoms with Crippen LogP contribution < -0.4 is 10.6 Å². The van der Waals surface area contributed by atoms with Gasteiger partial charge in [0, 0.05) is 13.6 Å². The first-order chi connectivity index (χ1) is 14.2. The van der Waals surface area contributed by atoms with E-state index in [0.717, 1.165) is 5.56 Å². The molecule has 0 spiro atoms. The zero-order chi connectivity index (χ0) is 22.1. The molecule has 2 N–H and O–H groups in total. The van der Waals surface area contributed by atoms with E-state index in [1.165, 1.54) is 11.9 Å². The van der Waals surface area contributed by atoms with Crippen LogP contribution in [0.4, 0.5) is 10.5 Å². The molecule has 0 aliphatic rings. The molecule has 7 heteroatoms. The van der Waals surface area contributed by atoms with Gasteiger partial charge in [0.1, 0.15) is 12.1 Å². The molecule has 0 radical (unpaired) electrons. The summed E-state index contributed by atoms with van der Waals surface area (Å²) in [5.74, 6) is -0.699. The Hall–Kier alpha value is -3.35. The molecule has 160 valence electrons. The van der Waals surface area contributed by atoms with Crippen LogP contribution in [-0.4, -0.2) is 48.5 Å². The van der Waals surface area contributed by atoms with Gasteiger partial charge in [-0.15, -0.1) is 0 Å². The van der Waals surface area contributed by atoms with E-state index in [1.54, 1.807) is 45.0 Å². The number of anilines is 1. The standard InChI is InChI=1S/C23H29N3O4/c1-23(2,3)30-22(29)26(4)16-20(27)25-19-13-9-8-12-18(19)21(28)24-15-14-17-10-6-5-7-11-17/h5-13H,14-16H2,1-4H3,(H,24,28)(H,25,27). The molecule has 30 heavy (non-hydrogen) atoms. The molecule has 0 aliphatic carbocycles.